The van der Waals surface area contributed by atoms with Crippen molar-refractivity contribution in [3.63, 3.8) is 0 Å². The van der Waals surface area contributed by atoms with Gasteiger partial charge in [-0.3, -0.25) is 9.59 Å². The molecule has 1 amide bonds. The van der Waals surface area contributed by atoms with Crippen LogP contribution in [0.4, 0.5) is 0 Å². The fourth-order valence-corrected chi connectivity index (χ4v) is 2.36. The minimum atomic E-state index is -0.890. The van der Waals surface area contributed by atoms with Gasteiger partial charge in [0.15, 0.2) is 0 Å². The van der Waals surface area contributed by atoms with Crippen molar-refractivity contribution in [2.75, 3.05) is 6.54 Å². The third-order valence-corrected chi connectivity index (χ3v) is 3.98. The zero-order chi connectivity index (χ0) is 16.6. The Balaban J connectivity index is 4.47. The molecule has 5 heteroatoms. The van der Waals surface area contributed by atoms with E-state index in [1.54, 1.807) is 0 Å². The van der Waals surface area contributed by atoms with E-state index in [0.29, 0.717) is 24.8 Å². The minimum Gasteiger partial charge on any atom is -0.481 e. The number of rotatable bonds is 9. The predicted molar refractivity (Wildman–Crippen MR) is 84.9 cm³/mol. The van der Waals surface area contributed by atoms with Gasteiger partial charge in [0.1, 0.15) is 0 Å². The second kappa shape index (κ2) is 9.03. The topological polar surface area (TPSA) is 92.4 Å². The Morgan fingerprint density at radius 1 is 1.19 bits per heavy atom. The van der Waals surface area contributed by atoms with Crippen LogP contribution in [0.25, 0.3) is 0 Å². The molecule has 5 nitrogen and oxygen atoms in total. The number of amides is 1. The van der Waals surface area contributed by atoms with Crippen LogP contribution in [0, 0.1) is 17.3 Å². The Bertz CT molecular complexity index is 335. The molecule has 0 aliphatic carbocycles. The molecule has 0 rings (SSSR count). The number of carbonyl (C=O) groups excluding carboxylic acids is 1. The van der Waals surface area contributed by atoms with Crippen LogP contribution in [0.5, 0.6) is 0 Å². The second-order valence-corrected chi connectivity index (χ2v) is 7.20. The van der Waals surface area contributed by atoms with Crippen LogP contribution in [0.1, 0.15) is 60.3 Å². The van der Waals surface area contributed by atoms with E-state index in [-0.39, 0.29) is 23.8 Å². The summed E-state index contributed by atoms with van der Waals surface area (Å²) in [5.41, 5.74) is 5.33. The summed E-state index contributed by atoms with van der Waals surface area (Å²) in [6.45, 7) is 10.7. The first-order valence-corrected chi connectivity index (χ1v) is 7.79. The smallest absolute Gasteiger partial charge is 0.305 e. The van der Waals surface area contributed by atoms with Gasteiger partial charge >= 0.3 is 5.97 Å². The van der Waals surface area contributed by atoms with Crippen molar-refractivity contribution in [2.45, 2.75) is 66.3 Å². The van der Waals surface area contributed by atoms with E-state index in [4.69, 9.17) is 10.8 Å². The van der Waals surface area contributed by atoms with Crippen LogP contribution >= 0.6 is 0 Å². The third kappa shape index (κ3) is 8.71. The molecule has 0 saturated heterocycles. The standard InChI is InChI=1S/C16H32N2O3/c1-11(2)12(8-9-17)6-7-14(19)18-13(10-15(20)21)16(3,4)5/h11-13H,6-10,17H2,1-5H3,(H,18,19)(H,20,21). The van der Waals surface area contributed by atoms with E-state index in [1.165, 1.54) is 0 Å². The van der Waals surface area contributed by atoms with Crippen LogP contribution in [0.3, 0.4) is 0 Å². The van der Waals surface area contributed by atoms with Crippen LogP contribution < -0.4 is 11.1 Å². The van der Waals surface area contributed by atoms with Crippen molar-refractivity contribution in [3.05, 3.63) is 0 Å². The van der Waals surface area contributed by atoms with Gasteiger partial charge in [-0.15, -0.1) is 0 Å². The fourth-order valence-electron chi connectivity index (χ4n) is 2.36. The molecule has 0 fully saturated rings. The number of hydrogen-bond acceptors (Lipinski definition) is 3. The molecular weight excluding hydrogens is 268 g/mol. The summed E-state index contributed by atoms with van der Waals surface area (Å²) in [7, 11) is 0. The quantitative estimate of drug-likeness (QED) is 0.609. The van der Waals surface area contributed by atoms with Gasteiger partial charge in [-0.1, -0.05) is 34.6 Å². The van der Waals surface area contributed by atoms with Crippen LogP contribution in [-0.4, -0.2) is 29.6 Å². The van der Waals surface area contributed by atoms with Gasteiger partial charge < -0.3 is 16.2 Å². The molecule has 0 aromatic rings. The first kappa shape index (κ1) is 19.9. The molecule has 2 unspecified atom stereocenters. The SMILES string of the molecule is CC(C)C(CCN)CCC(=O)NC(CC(=O)O)C(C)(C)C. The summed E-state index contributed by atoms with van der Waals surface area (Å²) in [5.74, 6) is -0.0237. The first-order valence-electron chi connectivity index (χ1n) is 7.79. The van der Waals surface area contributed by atoms with E-state index >= 15 is 0 Å². The van der Waals surface area contributed by atoms with E-state index in [0.717, 1.165) is 12.8 Å². The third-order valence-electron chi connectivity index (χ3n) is 3.98. The predicted octanol–water partition coefficient (Wildman–Crippen LogP) is 2.39. The fraction of sp³-hybridized carbons (Fsp3) is 0.875. The highest BCUT2D eigenvalue weighted by Crippen LogP contribution is 2.23. The Hall–Kier alpha value is -1.10. The van der Waals surface area contributed by atoms with Gasteiger partial charge in [-0.05, 0) is 36.6 Å². The zero-order valence-corrected chi connectivity index (χ0v) is 14.1. The molecule has 0 aromatic heterocycles. The molecule has 4 N–H and O–H groups in total. The molecule has 0 aliphatic heterocycles. The number of carbonyl (C=O) groups is 2. The van der Waals surface area contributed by atoms with Crippen LogP contribution in [0.2, 0.25) is 0 Å². The Labute approximate surface area is 128 Å². The number of nitrogens with two attached hydrogens (primary N) is 1. The van der Waals surface area contributed by atoms with Crippen molar-refractivity contribution >= 4 is 11.9 Å². The summed E-state index contributed by atoms with van der Waals surface area (Å²) >= 11 is 0. The lowest BCUT2D eigenvalue weighted by Gasteiger charge is -2.30. The lowest BCUT2D eigenvalue weighted by atomic mass is 9.84. The second-order valence-electron chi connectivity index (χ2n) is 7.20. The maximum absolute atomic E-state index is 12.1. The normalized spacial score (nSPS) is 14.8. The highest BCUT2D eigenvalue weighted by Gasteiger charge is 2.28. The molecule has 2 atom stereocenters. The number of carboxylic acid groups (broad SMARTS) is 1. The van der Waals surface area contributed by atoms with Crippen molar-refractivity contribution in [2.24, 2.45) is 23.0 Å². The Morgan fingerprint density at radius 2 is 1.76 bits per heavy atom. The summed E-state index contributed by atoms with van der Waals surface area (Å²) in [6, 6.07) is -0.352. The average Bonchev–Trinajstić information content (AvgIpc) is 2.31. The van der Waals surface area contributed by atoms with Crippen LogP contribution in [0.15, 0.2) is 0 Å². The van der Waals surface area contributed by atoms with E-state index in [2.05, 4.69) is 19.2 Å². The molecule has 0 saturated carbocycles. The van der Waals surface area contributed by atoms with E-state index in [9.17, 15) is 9.59 Å². The lowest BCUT2D eigenvalue weighted by molar-refractivity contribution is -0.138. The highest BCUT2D eigenvalue weighted by atomic mass is 16.4. The molecule has 0 radical (unpaired) electrons. The van der Waals surface area contributed by atoms with Gasteiger partial charge in [0.25, 0.3) is 0 Å². The largest absolute Gasteiger partial charge is 0.481 e. The summed E-state index contributed by atoms with van der Waals surface area (Å²) in [4.78, 5) is 23.0. The minimum absolute atomic E-state index is 0.0500. The van der Waals surface area contributed by atoms with Gasteiger partial charge in [0, 0.05) is 12.5 Å². The van der Waals surface area contributed by atoms with Crippen molar-refractivity contribution < 1.29 is 14.7 Å². The number of nitrogens with one attached hydrogen (secondary N) is 1. The van der Waals surface area contributed by atoms with Crippen LogP contribution in [-0.2, 0) is 9.59 Å². The molecule has 0 spiro atoms. The summed E-state index contributed by atoms with van der Waals surface area (Å²) < 4.78 is 0. The Morgan fingerprint density at radius 3 is 2.14 bits per heavy atom. The monoisotopic (exact) mass is 300 g/mol. The van der Waals surface area contributed by atoms with Crippen molar-refractivity contribution in [3.8, 4) is 0 Å². The maximum atomic E-state index is 12.1. The number of aliphatic carboxylic acids is 1. The number of carboxylic acids is 1. The van der Waals surface area contributed by atoms with E-state index in [1.807, 2.05) is 20.8 Å². The van der Waals surface area contributed by atoms with Gasteiger partial charge in [-0.2, -0.15) is 0 Å². The molecule has 0 heterocycles. The summed E-state index contributed by atoms with van der Waals surface area (Å²) in [6.07, 6.45) is 2.09. The highest BCUT2D eigenvalue weighted by molar-refractivity contribution is 5.77. The van der Waals surface area contributed by atoms with Gasteiger partial charge in [0.05, 0.1) is 6.42 Å². The van der Waals surface area contributed by atoms with Gasteiger partial charge in [-0.25, -0.2) is 0 Å². The summed E-state index contributed by atoms with van der Waals surface area (Å²) in [5, 5.41) is 11.8. The maximum Gasteiger partial charge on any atom is 0.305 e. The van der Waals surface area contributed by atoms with E-state index < -0.39 is 5.97 Å². The molecule has 0 aromatic carbocycles. The molecular formula is C16H32N2O3. The van der Waals surface area contributed by atoms with Crippen molar-refractivity contribution in [1.82, 2.24) is 5.32 Å². The average molecular weight is 300 g/mol. The zero-order valence-electron chi connectivity index (χ0n) is 14.1. The Kier molecular flexibility index (Phi) is 8.55. The molecule has 21 heavy (non-hydrogen) atoms. The first-order chi connectivity index (χ1) is 9.57. The molecule has 0 bridgehead atoms. The van der Waals surface area contributed by atoms with Gasteiger partial charge in [0.2, 0.25) is 5.91 Å². The number of hydrogen-bond donors (Lipinski definition) is 3. The molecule has 124 valence electrons. The lowest BCUT2D eigenvalue weighted by Crippen LogP contribution is -2.45. The van der Waals surface area contributed by atoms with Crippen molar-refractivity contribution in [1.29, 1.82) is 0 Å². The molecule has 0 aliphatic rings.